The van der Waals surface area contributed by atoms with Gasteiger partial charge in [0, 0.05) is 63.5 Å². The Hall–Kier alpha value is -3.44. The van der Waals surface area contributed by atoms with Gasteiger partial charge in [0.15, 0.2) is 0 Å². The molecule has 34 heavy (non-hydrogen) atoms. The van der Waals surface area contributed by atoms with Crippen LogP contribution >= 0.6 is 0 Å². The molecule has 11 heteroatoms. The zero-order chi connectivity index (χ0) is 24.1. The quantitative estimate of drug-likeness (QED) is 0.616. The van der Waals surface area contributed by atoms with Crippen LogP contribution in [-0.4, -0.2) is 74.7 Å². The number of hydrogen-bond acceptors (Lipinski definition) is 5. The first-order valence-corrected chi connectivity index (χ1v) is 12.6. The monoisotopic (exact) mass is 485 g/mol. The molecule has 0 atom stereocenters. The zero-order valence-corrected chi connectivity index (χ0v) is 19.5. The number of rotatable bonds is 7. The van der Waals surface area contributed by atoms with Crippen molar-refractivity contribution in [2.45, 2.75) is 17.7 Å². The van der Waals surface area contributed by atoms with Crippen molar-refractivity contribution in [3.63, 3.8) is 0 Å². The normalized spacial score (nSPS) is 16.9. The molecule has 2 N–H and O–H groups in total. The number of sulfonamides is 1. The number of hydrogen-bond donors (Lipinski definition) is 2. The summed E-state index contributed by atoms with van der Waals surface area (Å²) < 4.78 is 26.8. The summed E-state index contributed by atoms with van der Waals surface area (Å²) in [6.45, 7) is 2.13. The van der Waals surface area contributed by atoms with E-state index >= 15 is 0 Å². The largest absolute Gasteiger partial charge is 0.340 e. The Morgan fingerprint density at radius 1 is 0.912 bits per heavy atom. The van der Waals surface area contributed by atoms with Crippen LogP contribution in [0.1, 0.15) is 12.8 Å². The number of anilines is 2. The third kappa shape index (κ3) is 5.37. The maximum atomic E-state index is 12.7. The summed E-state index contributed by atoms with van der Waals surface area (Å²) in [5.41, 5.74) is 1.24. The molecular weight excluding hydrogens is 458 g/mol. The third-order valence-corrected chi connectivity index (χ3v) is 7.75. The number of nitrogens with one attached hydrogen (secondary N) is 2. The maximum Gasteiger partial charge on any atom is 0.321 e. The first kappa shape index (κ1) is 23.7. The molecule has 2 aromatic carbocycles. The van der Waals surface area contributed by atoms with Crippen LogP contribution in [0.2, 0.25) is 0 Å². The summed E-state index contributed by atoms with van der Waals surface area (Å²) in [6.07, 6.45) is 0.0429. The van der Waals surface area contributed by atoms with E-state index in [1.165, 1.54) is 4.31 Å². The van der Waals surface area contributed by atoms with E-state index in [-0.39, 0.29) is 61.8 Å². The van der Waals surface area contributed by atoms with Gasteiger partial charge in [-0.2, -0.15) is 4.31 Å². The fraction of sp³-hybridized carbons (Fsp3) is 0.348. The standard InChI is InChI=1S/C23H27N5O5S/c29-21(25-18-5-4-6-19(17-18)28-12-11-24-23(28)31)9-10-22(30)26-13-15-27(16-14-26)34(32,33)20-7-2-1-3-8-20/h1-8,17H,9-16H2,(H,24,31)(H,25,29). The molecule has 2 fully saturated rings. The number of carbonyl (C=O) groups excluding carboxylic acids is 3. The van der Waals surface area contributed by atoms with Crippen LogP contribution in [0.4, 0.5) is 16.2 Å². The second-order valence-corrected chi connectivity index (χ2v) is 10.0. The van der Waals surface area contributed by atoms with Gasteiger partial charge in [0.25, 0.3) is 0 Å². The Morgan fingerprint density at radius 3 is 2.32 bits per heavy atom. The predicted octanol–water partition coefficient (Wildman–Crippen LogP) is 1.47. The molecule has 2 aliphatic rings. The summed E-state index contributed by atoms with van der Waals surface area (Å²) >= 11 is 0. The molecule has 2 heterocycles. The minimum atomic E-state index is -3.58. The lowest BCUT2D eigenvalue weighted by Gasteiger charge is -2.34. The Balaban J connectivity index is 1.25. The molecule has 0 aromatic heterocycles. The Bertz CT molecular complexity index is 1160. The molecular formula is C23H27N5O5S. The highest BCUT2D eigenvalue weighted by Gasteiger charge is 2.30. The fourth-order valence-electron chi connectivity index (χ4n) is 3.99. The lowest BCUT2D eigenvalue weighted by molar-refractivity contribution is -0.133. The van der Waals surface area contributed by atoms with E-state index in [0.717, 1.165) is 0 Å². The van der Waals surface area contributed by atoms with Crippen molar-refractivity contribution < 1.29 is 22.8 Å². The van der Waals surface area contributed by atoms with Gasteiger partial charge in [-0.3, -0.25) is 14.5 Å². The minimum Gasteiger partial charge on any atom is -0.340 e. The molecule has 0 unspecified atom stereocenters. The summed E-state index contributed by atoms with van der Waals surface area (Å²) in [7, 11) is -3.58. The van der Waals surface area contributed by atoms with Crippen molar-refractivity contribution in [1.29, 1.82) is 0 Å². The summed E-state index contributed by atoms with van der Waals surface area (Å²) in [5, 5.41) is 5.50. The molecule has 0 aliphatic carbocycles. The highest BCUT2D eigenvalue weighted by atomic mass is 32.2. The number of nitrogens with zero attached hydrogens (tertiary/aromatic N) is 3. The topological polar surface area (TPSA) is 119 Å². The highest BCUT2D eigenvalue weighted by molar-refractivity contribution is 7.89. The summed E-state index contributed by atoms with van der Waals surface area (Å²) in [5.74, 6) is -0.490. The predicted molar refractivity (Wildman–Crippen MR) is 127 cm³/mol. The lowest BCUT2D eigenvalue weighted by Crippen LogP contribution is -2.50. The van der Waals surface area contributed by atoms with Crippen molar-refractivity contribution in [1.82, 2.24) is 14.5 Å². The molecule has 2 aliphatic heterocycles. The minimum absolute atomic E-state index is 0.00971. The van der Waals surface area contributed by atoms with Crippen LogP contribution in [0.25, 0.3) is 0 Å². The van der Waals surface area contributed by atoms with Gasteiger partial charge < -0.3 is 15.5 Å². The van der Waals surface area contributed by atoms with Crippen LogP contribution in [0.15, 0.2) is 59.5 Å². The van der Waals surface area contributed by atoms with E-state index in [9.17, 15) is 22.8 Å². The smallest absolute Gasteiger partial charge is 0.321 e. The van der Waals surface area contributed by atoms with Gasteiger partial charge in [-0.15, -0.1) is 0 Å². The number of amides is 4. The molecule has 0 bridgehead atoms. The maximum absolute atomic E-state index is 12.7. The van der Waals surface area contributed by atoms with Crippen molar-refractivity contribution in [3.8, 4) is 0 Å². The number of piperazine rings is 1. The summed E-state index contributed by atoms with van der Waals surface area (Å²) in [6, 6.07) is 15.0. The number of benzene rings is 2. The lowest BCUT2D eigenvalue weighted by atomic mass is 10.2. The first-order chi connectivity index (χ1) is 16.3. The van der Waals surface area contributed by atoms with Crippen molar-refractivity contribution >= 4 is 39.2 Å². The van der Waals surface area contributed by atoms with Gasteiger partial charge in [0.2, 0.25) is 21.8 Å². The molecule has 2 saturated heterocycles. The van der Waals surface area contributed by atoms with Gasteiger partial charge in [-0.25, -0.2) is 13.2 Å². The van der Waals surface area contributed by atoms with Crippen LogP contribution in [0.5, 0.6) is 0 Å². The van der Waals surface area contributed by atoms with Gasteiger partial charge >= 0.3 is 6.03 Å². The number of carbonyl (C=O) groups is 3. The molecule has 0 radical (unpaired) electrons. The number of urea groups is 1. The van der Waals surface area contributed by atoms with Gasteiger partial charge in [0.05, 0.1) is 4.90 Å². The Labute approximate surface area is 198 Å². The third-order valence-electron chi connectivity index (χ3n) is 5.84. The van der Waals surface area contributed by atoms with E-state index in [0.29, 0.717) is 24.5 Å². The van der Waals surface area contributed by atoms with E-state index in [2.05, 4.69) is 10.6 Å². The van der Waals surface area contributed by atoms with Crippen LogP contribution in [0, 0.1) is 0 Å². The zero-order valence-electron chi connectivity index (χ0n) is 18.6. The Kier molecular flexibility index (Phi) is 7.13. The molecule has 180 valence electrons. The molecule has 10 nitrogen and oxygen atoms in total. The molecule has 4 rings (SSSR count). The second-order valence-electron chi connectivity index (χ2n) is 8.08. The van der Waals surface area contributed by atoms with E-state index in [1.807, 2.05) is 0 Å². The summed E-state index contributed by atoms with van der Waals surface area (Å²) in [4.78, 5) is 40.2. The molecule has 4 amide bonds. The van der Waals surface area contributed by atoms with Gasteiger partial charge in [-0.1, -0.05) is 24.3 Å². The van der Waals surface area contributed by atoms with E-state index in [1.54, 1.807) is 64.4 Å². The van der Waals surface area contributed by atoms with Crippen molar-refractivity contribution in [2.75, 3.05) is 49.5 Å². The highest BCUT2D eigenvalue weighted by Crippen LogP contribution is 2.21. The molecule has 0 saturated carbocycles. The van der Waals surface area contributed by atoms with E-state index < -0.39 is 10.0 Å². The van der Waals surface area contributed by atoms with Crippen LogP contribution in [0.3, 0.4) is 0 Å². The van der Waals surface area contributed by atoms with E-state index in [4.69, 9.17) is 0 Å². The first-order valence-electron chi connectivity index (χ1n) is 11.1. The fourth-order valence-corrected chi connectivity index (χ4v) is 5.43. The molecule has 0 spiro atoms. The SMILES string of the molecule is O=C(CCC(=O)N1CCN(S(=O)(=O)c2ccccc2)CC1)Nc1cccc(N2CCNC2=O)c1. The van der Waals surface area contributed by atoms with Crippen LogP contribution < -0.4 is 15.5 Å². The Morgan fingerprint density at radius 2 is 1.65 bits per heavy atom. The van der Waals surface area contributed by atoms with Gasteiger partial charge in [0.1, 0.15) is 0 Å². The average molecular weight is 486 g/mol. The average Bonchev–Trinajstić information content (AvgIpc) is 3.29. The van der Waals surface area contributed by atoms with Crippen molar-refractivity contribution in [2.24, 2.45) is 0 Å². The van der Waals surface area contributed by atoms with Crippen LogP contribution in [-0.2, 0) is 19.6 Å². The molecule has 2 aromatic rings. The van der Waals surface area contributed by atoms with Gasteiger partial charge in [-0.05, 0) is 30.3 Å². The second kappa shape index (κ2) is 10.2. The van der Waals surface area contributed by atoms with Crippen molar-refractivity contribution in [3.05, 3.63) is 54.6 Å².